The van der Waals surface area contributed by atoms with Crippen molar-refractivity contribution in [1.82, 2.24) is 25.2 Å². The van der Waals surface area contributed by atoms with Crippen LogP contribution in [0.2, 0.25) is 0 Å². The average Bonchev–Trinajstić information content (AvgIpc) is 4.18. The van der Waals surface area contributed by atoms with Gasteiger partial charge in [-0.05, 0) is 114 Å². The maximum atomic E-state index is 15.2. The zero-order valence-electron chi connectivity index (χ0n) is 37.5. The second-order valence-electron chi connectivity index (χ2n) is 20.6. The maximum Gasteiger partial charge on any atom is 0.408 e. The highest BCUT2D eigenvalue weighted by atomic mass is 32.2. The SMILES string of the molecule is COc1ccc2c3c(c(C4CC4)nc2c1)O[C@]1(CC3)C[C@H]2C(=O)N[C@]3(C(=O)NS(=O)(=O)C4(C)CC4)C[C@H]3C=CCCCCC[C@H](NC(=O)O[C@H]3C[C@@H](C)CC[C@@H]3C(C)C)C(=O)N2C1. The normalized spacial score (nSPS) is 32.9. The van der Waals surface area contributed by atoms with Gasteiger partial charge in [-0.25, -0.2) is 18.2 Å². The number of methoxy groups -OCH3 is 1. The van der Waals surface area contributed by atoms with Gasteiger partial charge >= 0.3 is 6.09 Å². The van der Waals surface area contributed by atoms with Gasteiger partial charge in [-0.2, -0.15) is 0 Å². The van der Waals surface area contributed by atoms with E-state index in [1.165, 1.54) is 0 Å². The van der Waals surface area contributed by atoms with Crippen LogP contribution in [0.5, 0.6) is 11.5 Å². The second-order valence-corrected chi connectivity index (χ2v) is 22.8. The molecule has 4 aliphatic carbocycles. The van der Waals surface area contributed by atoms with Crippen molar-refractivity contribution in [2.45, 2.75) is 170 Å². The van der Waals surface area contributed by atoms with Crippen molar-refractivity contribution in [2.75, 3.05) is 13.7 Å². The first-order valence-corrected chi connectivity index (χ1v) is 25.1. The zero-order valence-corrected chi connectivity index (χ0v) is 38.3. The van der Waals surface area contributed by atoms with Crippen LogP contribution in [0.4, 0.5) is 4.79 Å². The molecule has 342 valence electrons. The molecule has 4 heterocycles. The number of pyridine rings is 1. The summed E-state index contributed by atoms with van der Waals surface area (Å²) in [6.07, 6.45) is 13.5. The van der Waals surface area contributed by atoms with E-state index in [1.54, 1.807) is 18.9 Å². The lowest BCUT2D eigenvalue weighted by Crippen LogP contribution is -2.58. The summed E-state index contributed by atoms with van der Waals surface area (Å²) in [5.41, 5.74) is 0.268. The first-order valence-electron chi connectivity index (χ1n) is 23.6. The van der Waals surface area contributed by atoms with E-state index in [0.29, 0.717) is 68.3 Å². The van der Waals surface area contributed by atoms with Crippen LogP contribution in [0.3, 0.4) is 0 Å². The lowest BCUT2D eigenvalue weighted by molar-refractivity contribution is -0.141. The van der Waals surface area contributed by atoms with Crippen LogP contribution in [0.25, 0.3) is 10.9 Å². The van der Waals surface area contributed by atoms with Crippen LogP contribution in [-0.4, -0.2) is 89.8 Å². The molecule has 7 aliphatic rings. The molecule has 4 amide bonds. The highest BCUT2D eigenvalue weighted by Crippen LogP contribution is 2.52. The van der Waals surface area contributed by atoms with Crippen LogP contribution in [0, 0.1) is 23.7 Å². The molecule has 4 saturated carbocycles. The monoisotopic (exact) mass is 887 g/mol. The third kappa shape index (κ3) is 8.52. The first kappa shape index (κ1) is 43.8. The van der Waals surface area contributed by atoms with Crippen LogP contribution < -0.4 is 24.8 Å². The molecule has 9 rings (SSSR count). The molecule has 63 heavy (non-hydrogen) atoms. The van der Waals surface area contributed by atoms with E-state index in [9.17, 15) is 22.8 Å². The number of allylic oxidation sites excluding steroid dienone is 1. The van der Waals surface area contributed by atoms with Crippen LogP contribution in [0.15, 0.2) is 30.4 Å². The number of aryl methyl sites for hydroxylation is 1. The predicted molar refractivity (Wildman–Crippen MR) is 237 cm³/mol. The maximum absolute atomic E-state index is 15.2. The van der Waals surface area contributed by atoms with Crippen LogP contribution in [-0.2, 0) is 35.6 Å². The molecule has 0 unspecified atom stereocenters. The molecule has 2 aromatic rings. The molecular weight excluding hydrogens is 823 g/mol. The molecule has 14 nitrogen and oxygen atoms in total. The summed E-state index contributed by atoms with van der Waals surface area (Å²) < 4.78 is 46.9. The van der Waals surface area contributed by atoms with Crippen molar-refractivity contribution < 1.29 is 41.8 Å². The molecule has 5 fully saturated rings. The highest BCUT2D eigenvalue weighted by Gasteiger charge is 2.64. The number of rotatable bonds is 8. The number of hydrogen-bond acceptors (Lipinski definition) is 10. The Morgan fingerprint density at radius 1 is 1.03 bits per heavy atom. The Hall–Kier alpha value is -4.40. The summed E-state index contributed by atoms with van der Waals surface area (Å²) in [5.74, 6) is 0.453. The number of sulfonamides is 1. The van der Waals surface area contributed by atoms with Crippen LogP contribution >= 0.6 is 0 Å². The third-order valence-corrected chi connectivity index (χ3v) is 17.7. The van der Waals surface area contributed by atoms with Gasteiger partial charge in [0.05, 0.1) is 29.6 Å². The van der Waals surface area contributed by atoms with Crippen molar-refractivity contribution in [3.05, 3.63) is 41.6 Å². The molecule has 8 atom stereocenters. The van der Waals surface area contributed by atoms with Gasteiger partial charge in [0, 0.05) is 35.3 Å². The number of nitrogens with one attached hydrogen (secondary N) is 3. The molecule has 1 aromatic heterocycles. The molecule has 1 spiro atoms. The van der Waals surface area contributed by atoms with E-state index in [1.807, 2.05) is 30.4 Å². The number of carbonyl (C=O) groups excluding carboxylic acids is 4. The van der Waals surface area contributed by atoms with Gasteiger partial charge in [-0.3, -0.25) is 19.1 Å². The number of aromatic nitrogens is 1. The van der Waals surface area contributed by atoms with Crippen molar-refractivity contribution in [3.63, 3.8) is 0 Å². The number of carbonyl (C=O) groups is 4. The van der Waals surface area contributed by atoms with Crippen molar-refractivity contribution in [3.8, 4) is 11.5 Å². The number of hydrogen-bond donors (Lipinski definition) is 3. The minimum absolute atomic E-state index is 0.0756. The van der Waals surface area contributed by atoms with E-state index < -0.39 is 67.7 Å². The Balaban J connectivity index is 1.05. The Labute approximate surface area is 371 Å². The predicted octanol–water partition coefficient (Wildman–Crippen LogP) is 6.73. The fraction of sp³-hybridized carbons (Fsp3) is 0.688. The standard InChI is InChI=1S/C48H65N5O9S/c1-28(2)33-17-13-29(3)23-39(33)61-45(57)50-36-12-10-8-6-7-9-11-31-25-48(31,44(56)52-63(58,59)46(4)21-22-46)51-42(54)38-26-47(27-53(38)43(36)55)20-19-35-34-18-16-32(60-5)24-37(34)49-40(30-14-15-30)41(35)62-47/h9,11,16,18,24,28-31,33,36,38-39H,6-8,10,12-15,17,19-23,25-27H2,1-5H3,(H,50,57)(H,51,54)(H,52,56)/t29-,31+,33+,36-,38-,39-,47+,48+/m0/s1. The zero-order chi connectivity index (χ0) is 44.5. The second kappa shape index (κ2) is 16.5. The van der Waals surface area contributed by atoms with E-state index in [4.69, 9.17) is 19.2 Å². The minimum atomic E-state index is -4.00. The molecule has 3 aliphatic heterocycles. The molecule has 0 bridgehead atoms. The van der Waals surface area contributed by atoms with E-state index >= 15 is 4.79 Å². The third-order valence-electron chi connectivity index (χ3n) is 15.5. The van der Waals surface area contributed by atoms with Crippen molar-refractivity contribution >= 4 is 44.7 Å². The van der Waals surface area contributed by atoms with Crippen molar-refractivity contribution in [2.24, 2.45) is 23.7 Å². The van der Waals surface area contributed by atoms with Gasteiger partial charge in [0.25, 0.3) is 5.91 Å². The molecule has 1 aromatic carbocycles. The summed E-state index contributed by atoms with van der Waals surface area (Å²) >= 11 is 0. The largest absolute Gasteiger partial charge is 0.497 e. The topological polar surface area (TPSA) is 182 Å². The number of alkyl carbamates (subject to hydrolysis) is 1. The van der Waals surface area contributed by atoms with Gasteiger partial charge in [0.2, 0.25) is 21.8 Å². The van der Waals surface area contributed by atoms with Gasteiger partial charge in [0.15, 0.2) is 0 Å². The lowest BCUT2D eigenvalue weighted by atomic mass is 9.75. The van der Waals surface area contributed by atoms with Gasteiger partial charge in [-0.15, -0.1) is 0 Å². The number of ether oxygens (including phenoxy) is 3. The number of fused-ring (bicyclic) bond motifs is 5. The van der Waals surface area contributed by atoms with Crippen LogP contribution in [0.1, 0.15) is 141 Å². The Bertz CT molecular complexity index is 2310. The summed E-state index contributed by atoms with van der Waals surface area (Å²) in [5, 5.41) is 6.96. The fourth-order valence-corrected chi connectivity index (χ4v) is 12.2. The minimum Gasteiger partial charge on any atom is -0.497 e. The van der Waals surface area contributed by atoms with E-state index in [0.717, 1.165) is 67.1 Å². The molecular formula is C48H65N5O9S. The molecule has 15 heteroatoms. The summed E-state index contributed by atoms with van der Waals surface area (Å²) in [6.45, 7) is 8.18. The molecule has 1 saturated heterocycles. The average molecular weight is 888 g/mol. The smallest absolute Gasteiger partial charge is 0.408 e. The Kier molecular flexibility index (Phi) is 11.5. The van der Waals surface area contributed by atoms with Crippen molar-refractivity contribution in [1.29, 1.82) is 0 Å². The summed E-state index contributed by atoms with van der Waals surface area (Å²) in [4.78, 5) is 64.8. The first-order chi connectivity index (χ1) is 30.0. The lowest BCUT2D eigenvalue weighted by Gasteiger charge is -2.37. The number of benzene rings is 1. The Morgan fingerprint density at radius 3 is 2.56 bits per heavy atom. The van der Waals surface area contributed by atoms with E-state index in [-0.39, 0.29) is 37.3 Å². The van der Waals surface area contributed by atoms with Gasteiger partial charge < -0.3 is 29.7 Å². The van der Waals surface area contributed by atoms with Gasteiger partial charge in [0.1, 0.15) is 40.8 Å². The van der Waals surface area contributed by atoms with E-state index in [2.05, 4.69) is 36.1 Å². The summed E-state index contributed by atoms with van der Waals surface area (Å²) in [6, 6.07) is 3.81. The molecule has 0 radical (unpaired) electrons. The highest BCUT2D eigenvalue weighted by molar-refractivity contribution is 7.91. The molecule has 3 N–H and O–H groups in total. The number of nitrogens with zero attached hydrogens (tertiary/aromatic N) is 2. The fourth-order valence-electron chi connectivity index (χ4n) is 10.9. The Morgan fingerprint density at radius 2 is 1.83 bits per heavy atom. The number of amides is 4. The van der Waals surface area contributed by atoms with Gasteiger partial charge in [-0.1, -0.05) is 52.2 Å². The quantitative estimate of drug-likeness (QED) is 0.240. The summed E-state index contributed by atoms with van der Waals surface area (Å²) in [7, 11) is -2.36.